The van der Waals surface area contributed by atoms with Gasteiger partial charge in [0, 0.05) is 24.7 Å². The van der Waals surface area contributed by atoms with Crippen molar-refractivity contribution in [1.82, 2.24) is 10.2 Å². The number of carbonyl (C=O) groups excluding carboxylic acids is 1. The van der Waals surface area contributed by atoms with Gasteiger partial charge in [0.1, 0.15) is 0 Å². The first-order chi connectivity index (χ1) is 8.65. The molecule has 2 atom stereocenters. The van der Waals surface area contributed by atoms with Crippen LogP contribution in [0, 0.1) is 17.6 Å². The molecule has 0 aromatic heterocycles. The molecule has 2 fully saturated rings. The van der Waals surface area contributed by atoms with Crippen LogP contribution in [-0.2, 0) is 0 Å². The fourth-order valence-corrected chi connectivity index (χ4v) is 2.83. The first kappa shape index (κ1) is 11.6. The molecule has 1 aromatic carbocycles. The Hall–Kier alpha value is -1.49. The lowest BCUT2D eigenvalue weighted by molar-refractivity contribution is 0.0782. The van der Waals surface area contributed by atoms with Gasteiger partial charge in [0.05, 0.1) is 0 Å². The van der Waals surface area contributed by atoms with E-state index in [2.05, 4.69) is 5.32 Å². The van der Waals surface area contributed by atoms with E-state index in [9.17, 15) is 13.6 Å². The molecular weight excluding hydrogens is 238 g/mol. The van der Waals surface area contributed by atoms with Crippen LogP contribution >= 0.6 is 0 Å². The minimum atomic E-state index is -0.974. The van der Waals surface area contributed by atoms with Gasteiger partial charge in [-0.15, -0.1) is 0 Å². The van der Waals surface area contributed by atoms with Crippen LogP contribution in [0.4, 0.5) is 8.78 Å². The molecule has 1 amide bonds. The third kappa shape index (κ3) is 1.88. The van der Waals surface area contributed by atoms with Gasteiger partial charge in [-0.05, 0) is 37.1 Å². The fraction of sp³-hybridized carbons (Fsp3) is 0.462. The first-order valence-corrected chi connectivity index (χ1v) is 6.13. The van der Waals surface area contributed by atoms with Gasteiger partial charge in [-0.25, -0.2) is 8.78 Å². The summed E-state index contributed by atoms with van der Waals surface area (Å²) >= 11 is 0. The topological polar surface area (TPSA) is 32.3 Å². The van der Waals surface area contributed by atoms with Gasteiger partial charge in [0.2, 0.25) is 0 Å². The van der Waals surface area contributed by atoms with Gasteiger partial charge in [-0.2, -0.15) is 0 Å². The minimum Gasteiger partial charge on any atom is -0.337 e. The molecule has 3 nitrogen and oxygen atoms in total. The quantitative estimate of drug-likeness (QED) is 0.819. The van der Waals surface area contributed by atoms with Crippen molar-refractivity contribution in [3.05, 3.63) is 35.4 Å². The van der Waals surface area contributed by atoms with E-state index < -0.39 is 11.6 Å². The average Bonchev–Trinajstić information content (AvgIpc) is 2.92. The largest absolute Gasteiger partial charge is 0.337 e. The second-order valence-corrected chi connectivity index (χ2v) is 4.95. The molecule has 1 aromatic rings. The molecule has 0 radical (unpaired) electrons. The molecule has 0 aliphatic carbocycles. The molecule has 0 bridgehead atoms. The Morgan fingerprint density at radius 3 is 2.83 bits per heavy atom. The highest BCUT2D eigenvalue weighted by Crippen LogP contribution is 2.26. The molecule has 0 spiro atoms. The Morgan fingerprint density at radius 1 is 1.28 bits per heavy atom. The monoisotopic (exact) mass is 252 g/mol. The number of amides is 1. The summed E-state index contributed by atoms with van der Waals surface area (Å²) in [5.41, 5.74) is 0.217. The number of hydrogen-bond acceptors (Lipinski definition) is 2. The number of halogens is 2. The van der Waals surface area contributed by atoms with Gasteiger partial charge < -0.3 is 10.2 Å². The number of nitrogens with zero attached hydrogens (tertiary/aromatic N) is 1. The van der Waals surface area contributed by atoms with Crippen LogP contribution in [0.15, 0.2) is 18.2 Å². The molecule has 2 aliphatic rings. The van der Waals surface area contributed by atoms with Gasteiger partial charge in [-0.1, -0.05) is 0 Å². The summed E-state index contributed by atoms with van der Waals surface area (Å²) in [6, 6.07) is 3.67. The van der Waals surface area contributed by atoms with E-state index in [1.807, 2.05) is 0 Å². The maximum atomic E-state index is 13.1. The van der Waals surface area contributed by atoms with Crippen LogP contribution < -0.4 is 5.32 Å². The number of rotatable bonds is 1. The summed E-state index contributed by atoms with van der Waals surface area (Å²) in [7, 11) is 0. The van der Waals surface area contributed by atoms with Crippen molar-refractivity contribution in [1.29, 1.82) is 0 Å². The van der Waals surface area contributed by atoms with Crippen LogP contribution in [0.5, 0.6) is 0 Å². The normalized spacial score (nSPS) is 26.4. The Labute approximate surface area is 104 Å². The molecule has 0 saturated carbocycles. The van der Waals surface area contributed by atoms with Gasteiger partial charge in [-0.3, -0.25) is 4.79 Å². The van der Waals surface area contributed by atoms with Crippen molar-refractivity contribution in [2.24, 2.45) is 5.92 Å². The number of nitrogens with one attached hydrogen (secondary N) is 1. The van der Waals surface area contributed by atoms with Crippen molar-refractivity contribution < 1.29 is 13.6 Å². The van der Waals surface area contributed by atoms with Gasteiger partial charge >= 0.3 is 0 Å². The summed E-state index contributed by atoms with van der Waals surface area (Å²) in [6.07, 6.45) is 1.08. The van der Waals surface area contributed by atoms with Crippen LogP contribution in [0.25, 0.3) is 0 Å². The maximum Gasteiger partial charge on any atom is 0.254 e. The number of benzene rings is 1. The van der Waals surface area contributed by atoms with E-state index in [0.29, 0.717) is 25.0 Å². The predicted molar refractivity (Wildman–Crippen MR) is 62.2 cm³/mol. The van der Waals surface area contributed by atoms with Crippen molar-refractivity contribution in [2.75, 3.05) is 19.6 Å². The predicted octanol–water partition coefficient (Wildman–Crippen LogP) is 1.40. The van der Waals surface area contributed by atoms with Crippen molar-refractivity contribution in [3.63, 3.8) is 0 Å². The lowest BCUT2D eigenvalue weighted by atomic mass is 10.1. The van der Waals surface area contributed by atoms with E-state index in [0.717, 1.165) is 25.1 Å². The molecular formula is C13H14F2N2O. The lowest BCUT2D eigenvalue weighted by Crippen LogP contribution is -2.34. The van der Waals surface area contributed by atoms with E-state index in [1.54, 1.807) is 4.90 Å². The minimum absolute atomic E-state index is 0.217. The number of carbonyl (C=O) groups is 1. The highest BCUT2D eigenvalue weighted by Gasteiger charge is 2.38. The third-order valence-electron chi connectivity index (χ3n) is 3.82. The summed E-state index contributed by atoms with van der Waals surface area (Å²) in [6.45, 7) is 2.36. The molecule has 2 aliphatic heterocycles. The van der Waals surface area contributed by atoms with Crippen molar-refractivity contribution >= 4 is 5.91 Å². The Balaban J connectivity index is 1.77. The smallest absolute Gasteiger partial charge is 0.254 e. The molecule has 96 valence electrons. The standard InChI is InChI=1S/C13H14F2N2O/c14-10-2-1-8(5-11(10)15)13(18)17-6-9-3-4-16-12(9)7-17/h1-2,5,9,12,16H,3-4,6-7H2/t9-,12+/m0/s1. The number of hydrogen-bond donors (Lipinski definition) is 1. The molecule has 2 saturated heterocycles. The van der Waals surface area contributed by atoms with Crippen molar-refractivity contribution in [3.8, 4) is 0 Å². The highest BCUT2D eigenvalue weighted by atomic mass is 19.2. The summed E-state index contributed by atoms with van der Waals surface area (Å²) < 4.78 is 25.9. The summed E-state index contributed by atoms with van der Waals surface area (Å²) in [5.74, 6) is -1.62. The van der Waals surface area contributed by atoms with E-state index >= 15 is 0 Å². The van der Waals surface area contributed by atoms with Crippen molar-refractivity contribution in [2.45, 2.75) is 12.5 Å². The summed E-state index contributed by atoms with van der Waals surface area (Å²) in [5, 5.41) is 3.35. The van der Waals surface area contributed by atoms with Crippen LogP contribution in [0.1, 0.15) is 16.8 Å². The van der Waals surface area contributed by atoms with E-state index in [-0.39, 0.29) is 11.5 Å². The molecule has 1 N–H and O–H groups in total. The molecule has 3 rings (SSSR count). The zero-order valence-corrected chi connectivity index (χ0v) is 9.83. The zero-order chi connectivity index (χ0) is 12.7. The van der Waals surface area contributed by atoms with E-state index in [1.165, 1.54) is 6.07 Å². The second-order valence-electron chi connectivity index (χ2n) is 4.95. The average molecular weight is 252 g/mol. The second kappa shape index (κ2) is 4.31. The summed E-state index contributed by atoms with van der Waals surface area (Å²) in [4.78, 5) is 13.9. The SMILES string of the molecule is O=C(c1ccc(F)c(F)c1)N1C[C@@H]2CCN[C@@H]2C1. The van der Waals surface area contributed by atoms with Gasteiger partial charge in [0.15, 0.2) is 11.6 Å². The zero-order valence-electron chi connectivity index (χ0n) is 9.83. The third-order valence-corrected chi connectivity index (χ3v) is 3.82. The molecule has 2 heterocycles. The molecule has 5 heteroatoms. The lowest BCUT2D eigenvalue weighted by Gasteiger charge is -2.17. The first-order valence-electron chi connectivity index (χ1n) is 6.13. The van der Waals surface area contributed by atoms with Crippen LogP contribution in [0.2, 0.25) is 0 Å². The Bertz CT molecular complexity index is 480. The number of fused-ring (bicyclic) bond motifs is 1. The molecule has 0 unspecified atom stereocenters. The highest BCUT2D eigenvalue weighted by molar-refractivity contribution is 5.94. The van der Waals surface area contributed by atoms with Gasteiger partial charge in [0.25, 0.3) is 5.91 Å². The fourth-order valence-electron chi connectivity index (χ4n) is 2.83. The Morgan fingerprint density at radius 2 is 2.11 bits per heavy atom. The van der Waals surface area contributed by atoms with Crippen LogP contribution in [0.3, 0.4) is 0 Å². The number of likely N-dealkylation sites (tertiary alicyclic amines) is 1. The maximum absolute atomic E-state index is 13.1. The van der Waals surface area contributed by atoms with E-state index in [4.69, 9.17) is 0 Å². The van der Waals surface area contributed by atoms with Crippen LogP contribution in [-0.4, -0.2) is 36.5 Å². The Kier molecular flexibility index (Phi) is 2.78. The molecule has 18 heavy (non-hydrogen) atoms.